The quantitative estimate of drug-likeness (QED) is 0.871. The van der Waals surface area contributed by atoms with E-state index in [0.717, 1.165) is 18.7 Å². The van der Waals surface area contributed by atoms with E-state index in [-0.39, 0.29) is 0 Å². The van der Waals surface area contributed by atoms with Crippen molar-refractivity contribution < 1.29 is 0 Å². The maximum absolute atomic E-state index is 8.63. The molecule has 1 aliphatic rings. The lowest BCUT2D eigenvalue weighted by Crippen LogP contribution is -2.28. The molecule has 0 radical (unpaired) electrons. The number of hydrogen-bond acceptors (Lipinski definition) is 4. The van der Waals surface area contributed by atoms with Gasteiger partial charge in [0.1, 0.15) is 0 Å². The fourth-order valence-corrected chi connectivity index (χ4v) is 1.87. The number of rotatable bonds is 4. The van der Waals surface area contributed by atoms with E-state index in [1.807, 2.05) is 0 Å². The maximum atomic E-state index is 8.63. The average molecular weight is 237 g/mol. The molecule has 5 heteroatoms. The van der Waals surface area contributed by atoms with Crippen molar-refractivity contribution >= 4 is 23.1 Å². The highest BCUT2D eigenvalue weighted by molar-refractivity contribution is 6.30. The topological polar surface area (TPSA) is 65.9 Å². The highest BCUT2D eigenvalue weighted by Gasteiger charge is 2.30. The Hall–Kier alpha value is -1.47. The molecule has 16 heavy (non-hydrogen) atoms. The molecular weight excluding hydrogens is 224 g/mol. The van der Waals surface area contributed by atoms with E-state index in [1.165, 1.54) is 0 Å². The monoisotopic (exact) mass is 236 g/mol. The van der Waals surface area contributed by atoms with Crippen LogP contribution in [0.4, 0.5) is 11.5 Å². The zero-order chi connectivity index (χ0) is 11.5. The minimum Gasteiger partial charge on any atom is -0.396 e. The minimum absolute atomic E-state index is 0.486. The number of anilines is 2. The van der Waals surface area contributed by atoms with Crippen molar-refractivity contribution in [1.82, 2.24) is 4.98 Å². The van der Waals surface area contributed by atoms with Crippen molar-refractivity contribution in [1.29, 1.82) is 5.26 Å². The van der Waals surface area contributed by atoms with Gasteiger partial charge >= 0.3 is 0 Å². The van der Waals surface area contributed by atoms with Gasteiger partial charge in [0.2, 0.25) is 0 Å². The van der Waals surface area contributed by atoms with Crippen LogP contribution in [0.15, 0.2) is 12.3 Å². The summed E-state index contributed by atoms with van der Waals surface area (Å²) in [6.45, 7) is 0.681. The Balaban J connectivity index is 2.21. The molecular formula is C11H13ClN4. The third-order valence-electron chi connectivity index (χ3n) is 2.59. The van der Waals surface area contributed by atoms with Crippen LogP contribution in [0.2, 0.25) is 5.02 Å². The van der Waals surface area contributed by atoms with Gasteiger partial charge in [0.25, 0.3) is 0 Å². The Kier molecular flexibility index (Phi) is 3.16. The molecule has 0 saturated heterocycles. The molecule has 0 bridgehead atoms. The van der Waals surface area contributed by atoms with Crippen LogP contribution in [0, 0.1) is 11.3 Å². The van der Waals surface area contributed by atoms with E-state index >= 15 is 0 Å². The normalized spacial score (nSPS) is 14.5. The standard InChI is InChI=1S/C11H13ClN4/c12-8-6-10(14)11(15-7-8)16(5-1-4-13)9-2-3-9/h6-7,9H,1-3,5,14H2. The highest BCUT2D eigenvalue weighted by atomic mass is 35.5. The molecule has 1 aromatic rings. The summed E-state index contributed by atoms with van der Waals surface area (Å²) in [6.07, 6.45) is 4.37. The van der Waals surface area contributed by atoms with E-state index in [2.05, 4.69) is 16.0 Å². The van der Waals surface area contributed by atoms with Gasteiger partial charge in [-0.25, -0.2) is 4.98 Å². The Labute approximate surface area is 99.6 Å². The first kappa shape index (κ1) is 11.0. The zero-order valence-electron chi connectivity index (χ0n) is 8.86. The number of nitrogen functional groups attached to an aromatic ring is 1. The highest BCUT2D eigenvalue weighted by Crippen LogP contribution is 2.34. The summed E-state index contributed by atoms with van der Waals surface area (Å²) < 4.78 is 0. The number of halogens is 1. The number of nitriles is 1. The molecule has 0 spiro atoms. The summed E-state index contributed by atoms with van der Waals surface area (Å²) in [5.41, 5.74) is 6.47. The predicted molar refractivity (Wildman–Crippen MR) is 64.3 cm³/mol. The van der Waals surface area contributed by atoms with Gasteiger partial charge in [-0.3, -0.25) is 0 Å². The maximum Gasteiger partial charge on any atom is 0.152 e. The van der Waals surface area contributed by atoms with Gasteiger partial charge in [0, 0.05) is 18.8 Å². The lowest BCUT2D eigenvalue weighted by molar-refractivity contribution is 0.780. The lowest BCUT2D eigenvalue weighted by atomic mass is 10.3. The summed E-state index contributed by atoms with van der Waals surface area (Å²) in [4.78, 5) is 6.36. The minimum atomic E-state index is 0.486. The van der Waals surface area contributed by atoms with Crippen molar-refractivity contribution in [3.63, 3.8) is 0 Å². The van der Waals surface area contributed by atoms with Crippen LogP contribution in [0.1, 0.15) is 19.3 Å². The lowest BCUT2D eigenvalue weighted by Gasteiger charge is -2.23. The van der Waals surface area contributed by atoms with Gasteiger partial charge < -0.3 is 10.6 Å². The molecule has 2 N–H and O–H groups in total. The summed E-state index contributed by atoms with van der Waals surface area (Å²) in [6, 6.07) is 4.34. The number of pyridine rings is 1. The molecule has 1 aromatic heterocycles. The fraction of sp³-hybridized carbons (Fsp3) is 0.455. The number of nitrogens with two attached hydrogens (primary N) is 1. The number of nitrogens with zero attached hydrogens (tertiary/aromatic N) is 3. The fourth-order valence-electron chi connectivity index (χ4n) is 1.71. The van der Waals surface area contributed by atoms with E-state index in [1.54, 1.807) is 12.3 Å². The summed E-state index contributed by atoms with van der Waals surface area (Å²) in [7, 11) is 0. The molecule has 0 amide bonds. The van der Waals surface area contributed by atoms with Gasteiger partial charge in [-0.2, -0.15) is 5.26 Å². The second-order valence-corrected chi connectivity index (χ2v) is 4.34. The van der Waals surface area contributed by atoms with Crippen LogP contribution in [-0.2, 0) is 0 Å². The smallest absolute Gasteiger partial charge is 0.152 e. The molecule has 2 rings (SSSR count). The first-order chi connectivity index (χ1) is 7.72. The molecule has 1 heterocycles. The van der Waals surface area contributed by atoms with Crippen LogP contribution in [0.3, 0.4) is 0 Å². The summed E-state index contributed by atoms with van der Waals surface area (Å²) in [5.74, 6) is 0.752. The van der Waals surface area contributed by atoms with Crippen molar-refractivity contribution in [3.8, 4) is 6.07 Å². The van der Waals surface area contributed by atoms with Crippen LogP contribution >= 0.6 is 11.6 Å². The largest absolute Gasteiger partial charge is 0.396 e. The van der Waals surface area contributed by atoms with Crippen LogP contribution in [0.5, 0.6) is 0 Å². The van der Waals surface area contributed by atoms with Crippen LogP contribution in [0.25, 0.3) is 0 Å². The molecule has 0 unspecified atom stereocenters. The van der Waals surface area contributed by atoms with E-state index in [9.17, 15) is 0 Å². The Morgan fingerprint density at radius 3 is 2.94 bits per heavy atom. The van der Waals surface area contributed by atoms with Crippen molar-refractivity contribution in [3.05, 3.63) is 17.3 Å². The molecule has 1 fully saturated rings. The Bertz CT molecular complexity index is 422. The van der Waals surface area contributed by atoms with Gasteiger partial charge in [0.05, 0.1) is 23.2 Å². The number of aromatic nitrogens is 1. The zero-order valence-corrected chi connectivity index (χ0v) is 9.61. The second kappa shape index (κ2) is 4.58. The molecule has 0 atom stereocenters. The third kappa shape index (κ3) is 2.37. The molecule has 1 saturated carbocycles. The Morgan fingerprint density at radius 2 is 2.38 bits per heavy atom. The van der Waals surface area contributed by atoms with E-state index < -0.39 is 0 Å². The van der Waals surface area contributed by atoms with E-state index in [0.29, 0.717) is 29.7 Å². The summed E-state index contributed by atoms with van der Waals surface area (Å²) in [5, 5.41) is 9.17. The van der Waals surface area contributed by atoms with Crippen LogP contribution < -0.4 is 10.6 Å². The van der Waals surface area contributed by atoms with Crippen molar-refractivity contribution in [2.75, 3.05) is 17.2 Å². The van der Waals surface area contributed by atoms with Gasteiger partial charge in [-0.15, -0.1) is 0 Å². The molecule has 0 aliphatic heterocycles. The summed E-state index contributed by atoms with van der Waals surface area (Å²) >= 11 is 5.81. The van der Waals surface area contributed by atoms with Crippen molar-refractivity contribution in [2.24, 2.45) is 0 Å². The molecule has 1 aliphatic carbocycles. The average Bonchev–Trinajstić information content (AvgIpc) is 3.05. The second-order valence-electron chi connectivity index (χ2n) is 3.90. The van der Waals surface area contributed by atoms with E-state index in [4.69, 9.17) is 22.6 Å². The molecule has 0 aromatic carbocycles. The Morgan fingerprint density at radius 1 is 1.62 bits per heavy atom. The number of hydrogen-bond donors (Lipinski definition) is 1. The first-order valence-corrected chi connectivity index (χ1v) is 5.65. The first-order valence-electron chi connectivity index (χ1n) is 5.27. The van der Waals surface area contributed by atoms with Crippen LogP contribution in [-0.4, -0.2) is 17.6 Å². The van der Waals surface area contributed by atoms with Gasteiger partial charge in [0.15, 0.2) is 5.82 Å². The molecule has 84 valence electrons. The predicted octanol–water partition coefficient (Wildman–Crippen LogP) is 2.20. The third-order valence-corrected chi connectivity index (χ3v) is 2.79. The van der Waals surface area contributed by atoms with Gasteiger partial charge in [-0.1, -0.05) is 11.6 Å². The molecule has 4 nitrogen and oxygen atoms in total. The van der Waals surface area contributed by atoms with Crippen molar-refractivity contribution in [2.45, 2.75) is 25.3 Å². The van der Waals surface area contributed by atoms with Gasteiger partial charge in [-0.05, 0) is 18.9 Å². The SMILES string of the molecule is N#CCCN(c1ncc(Cl)cc1N)C1CC1.